The molecule has 0 amide bonds. The number of rotatable bonds is 4. The van der Waals surface area contributed by atoms with Crippen LogP contribution in [-0.4, -0.2) is 48.2 Å². The zero-order valence-corrected chi connectivity index (χ0v) is 18.0. The fourth-order valence-electron chi connectivity index (χ4n) is 3.99. The van der Waals surface area contributed by atoms with Gasteiger partial charge in [0.1, 0.15) is 0 Å². The number of halogens is 2. The maximum Gasteiger partial charge on any atom is 0.194 e. The number of guanidine groups is 1. The van der Waals surface area contributed by atoms with E-state index in [4.69, 9.17) is 16.6 Å². The fourth-order valence-corrected chi connectivity index (χ4v) is 4.18. The van der Waals surface area contributed by atoms with E-state index in [1.54, 1.807) is 0 Å². The zero-order valence-electron chi connectivity index (χ0n) is 14.9. The van der Waals surface area contributed by atoms with Crippen LogP contribution in [0, 0.1) is 0 Å². The van der Waals surface area contributed by atoms with Crippen LogP contribution < -0.4 is 5.32 Å². The van der Waals surface area contributed by atoms with Crippen LogP contribution in [0.25, 0.3) is 0 Å². The number of aliphatic imine (C=N–C) groups is 1. The molecule has 4 nitrogen and oxygen atoms in total. The van der Waals surface area contributed by atoms with Gasteiger partial charge in [0.25, 0.3) is 0 Å². The normalized spacial score (nSPS) is 22.8. The molecule has 1 heterocycles. The third-order valence-corrected chi connectivity index (χ3v) is 5.56. The maximum absolute atomic E-state index is 9.82. The van der Waals surface area contributed by atoms with Crippen molar-refractivity contribution in [1.29, 1.82) is 0 Å². The minimum absolute atomic E-state index is 0. The molecule has 1 atom stereocenters. The summed E-state index contributed by atoms with van der Waals surface area (Å²) >= 11 is 6.23. The number of benzene rings is 1. The largest absolute Gasteiger partial charge is 0.391 e. The first-order valence-electron chi connectivity index (χ1n) is 9.10. The summed E-state index contributed by atoms with van der Waals surface area (Å²) in [5.41, 5.74) is 1.41. The molecule has 1 aliphatic carbocycles. The molecule has 1 aromatic carbocycles. The Bertz CT molecular complexity index is 590. The molecule has 2 fully saturated rings. The Labute approximate surface area is 173 Å². The van der Waals surface area contributed by atoms with Crippen LogP contribution >= 0.6 is 35.6 Å². The van der Waals surface area contributed by atoms with E-state index in [-0.39, 0.29) is 35.5 Å². The molecular formula is C19H29ClIN3O. The molecule has 1 saturated heterocycles. The molecule has 1 aliphatic heterocycles. The Hall–Kier alpha value is -0.530. The molecule has 140 valence electrons. The van der Waals surface area contributed by atoms with Crippen LogP contribution in [0.5, 0.6) is 0 Å². The molecule has 0 aromatic heterocycles. The second kappa shape index (κ2) is 9.42. The Morgan fingerprint density at radius 3 is 2.76 bits per heavy atom. The van der Waals surface area contributed by atoms with Crippen molar-refractivity contribution in [2.24, 2.45) is 4.99 Å². The van der Waals surface area contributed by atoms with Crippen LogP contribution in [0.15, 0.2) is 29.3 Å². The van der Waals surface area contributed by atoms with Crippen LogP contribution in [0.1, 0.15) is 44.6 Å². The van der Waals surface area contributed by atoms with Gasteiger partial charge in [-0.2, -0.15) is 0 Å². The van der Waals surface area contributed by atoms with Gasteiger partial charge in [0.05, 0.1) is 12.6 Å². The number of aliphatic hydroxyl groups is 1. The highest BCUT2D eigenvalue weighted by Crippen LogP contribution is 2.42. The zero-order chi connectivity index (χ0) is 17.0. The number of nitrogens with zero attached hydrogens (tertiary/aromatic N) is 2. The first kappa shape index (κ1) is 20.8. The Balaban J connectivity index is 0.00000225. The van der Waals surface area contributed by atoms with E-state index < -0.39 is 0 Å². The Kier molecular flexibility index (Phi) is 7.83. The van der Waals surface area contributed by atoms with Crippen LogP contribution in [0.2, 0.25) is 5.02 Å². The van der Waals surface area contributed by atoms with Gasteiger partial charge in [-0.05, 0) is 43.9 Å². The predicted molar refractivity (Wildman–Crippen MR) is 115 cm³/mol. The second-order valence-electron chi connectivity index (χ2n) is 7.06. The minimum Gasteiger partial charge on any atom is -0.391 e. The first-order valence-corrected chi connectivity index (χ1v) is 9.48. The van der Waals surface area contributed by atoms with Crippen molar-refractivity contribution in [2.75, 3.05) is 26.2 Å². The van der Waals surface area contributed by atoms with Gasteiger partial charge in [-0.25, -0.2) is 0 Å². The molecule has 0 spiro atoms. The van der Waals surface area contributed by atoms with Crippen molar-refractivity contribution in [3.05, 3.63) is 34.9 Å². The van der Waals surface area contributed by atoms with E-state index in [1.165, 1.54) is 31.2 Å². The standard InChI is InChI=1S/C19H28ClN3O.HI/c1-2-21-18(23-11-8-17(24)13-23)22-14-19(9-3-4-10-19)15-6-5-7-16(20)12-15;/h5-7,12,17,24H,2-4,8-11,13-14H2,1H3,(H,21,22);1H/t17-;/m1./s1. The summed E-state index contributed by atoms with van der Waals surface area (Å²) < 4.78 is 0. The third-order valence-electron chi connectivity index (χ3n) is 5.33. The lowest BCUT2D eigenvalue weighted by Gasteiger charge is -2.29. The lowest BCUT2D eigenvalue weighted by molar-refractivity contribution is 0.187. The Morgan fingerprint density at radius 1 is 1.40 bits per heavy atom. The third kappa shape index (κ3) is 5.01. The van der Waals surface area contributed by atoms with E-state index in [0.717, 1.165) is 37.0 Å². The molecule has 2 N–H and O–H groups in total. The molecule has 0 radical (unpaired) electrons. The first-order chi connectivity index (χ1) is 11.6. The van der Waals surface area contributed by atoms with Gasteiger partial charge in [-0.15, -0.1) is 24.0 Å². The molecule has 0 bridgehead atoms. The second-order valence-corrected chi connectivity index (χ2v) is 7.49. The van der Waals surface area contributed by atoms with Crippen molar-refractivity contribution in [1.82, 2.24) is 10.2 Å². The lowest BCUT2D eigenvalue weighted by Crippen LogP contribution is -2.41. The topological polar surface area (TPSA) is 47.9 Å². The molecule has 25 heavy (non-hydrogen) atoms. The van der Waals surface area contributed by atoms with Gasteiger partial charge in [-0.1, -0.05) is 36.6 Å². The highest BCUT2D eigenvalue weighted by atomic mass is 127. The van der Waals surface area contributed by atoms with E-state index in [2.05, 4.69) is 29.3 Å². The fraction of sp³-hybridized carbons (Fsp3) is 0.632. The predicted octanol–water partition coefficient (Wildman–Crippen LogP) is 3.80. The highest BCUT2D eigenvalue weighted by molar-refractivity contribution is 14.0. The summed E-state index contributed by atoms with van der Waals surface area (Å²) in [7, 11) is 0. The SMILES string of the molecule is CCNC(=NCC1(c2cccc(Cl)c2)CCCC1)N1CC[C@@H](O)C1.I. The van der Waals surface area contributed by atoms with Crippen molar-refractivity contribution in [3.63, 3.8) is 0 Å². The van der Waals surface area contributed by atoms with Crippen molar-refractivity contribution in [3.8, 4) is 0 Å². The molecular weight excluding hydrogens is 449 g/mol. The number of likely N-dealkylation sites (tertiary alicyclic amines) is 1. The van der Waals surface area contributed by atoms with E-state index in [9.17, 15) is 5.11 Å². The summed E-state index contributed by atoms with van der Waals surface area (Å²) in [6.45, 7) is 5.26. The minimum atomic E-state index is -0.234. The lowest BCUT2D eigenvalue weighted by atomic mass is 9.79. The van der Waals surface area contributed by atoms with E-state index >= 15 is 0 Å². The Morgan fingerprint density at radius 2 is 2.16 bits per heavy atom. The number of aliphatic hydroxyl groups excluding tert-OH is 1. The van der Waals surface area contributed by atoms with Crippen LogP contribution in [-0.2, 0) is 5.41 Å². The smallest absolute Gasteiger partial charge is 0.194 e. The molecule has 0 unspecified atom stereocenters. The van der Waals surface area contributed by atoms with Gasteiger partial charge in [0.2, 0.25) is 0 Å². The van der Waals surface area contributed by atoms with E-state index in [0.29, 0.717) is 6.54 Å². The van der Waals surface area contributed by atoms with Crippen LogP contribution in [0.3, 0.4) is 0 Å². The molecule has 1 saturated carbocycles. The highest BCUT2D eigenvalue weighted by Gasteiger charge is 2.36. The average molecular weight is 478 g/mol. The molecule has 1 aromatic rings. The summed E-state index contributed by atoms with van der Waals surface area (Å²) in [5.74, 6) is 0.933. The van der Waals surface area contributed by atoms with Gasteiger partial charge >= 0.3 is 0 Å². The summed E-state index contributed by atoms with van der Waals surface area (Å²) in [4.78, 5) is 7.14. The number of β-amino-alcohol motifs (C(OH)–C–C–N with tert-alkyl or cyclic N) is 1. The van der Waals surface area contributed by atoms with Crippen molar-refractivity contribution < 1.29 is 5.11 Å². The van der Waals surface area contributed by atoms with Gasteiger partial charge in [0, 0.05) is 30.1 Å². The van der Waals surface area contributed by atoms with Crippen molar-refractivity contribution in [2.45, 2.75) is 50.5 Å². The monoisotopic (exact) mass is 477 g/mol. The summed E-state index contributed by atoms with van der Waals surface area (Å²) in [5, 5.41) is 14.0. The van der Waals surface area contributed by atoms with E-state index in [1.807, 2.05) is 12.1 Å². The molecule has 2 aliphatic rings. The quantitative estimate of drug-likeness (QED) is 0.394. The van der Waals surface area contributed by atoms with Gasteiger partial charge in [-0.3, -0.25) is 4.99 Å². The number of hydrogen-bond donors (Lipinski definition) is 2. The van der Waals surface area contributed by atoms with Gasteiger partial charge < -0.3 is 15.3 Å². The summed E-state index contributed by atoms with van der Waals surface area (Å²) in [6.07, 6.45) is 5.42. The number of hydrogen-bond acceptors (Lipinski definition) is 2. The molecule has 3 rings (SSSR count). The summed E-state index contributed by atoms with van der Waals surface area (Å²) in [6, 6.07) is 8.28. The number of nitrogens with one attached hydrogen (secondary N) is 1. The maximum atomic E-state index is 9.82. The molecule has 6 heteroatoms. The van der Waals surface area contributed by atoms with Crippen LogP contribution in [0.4, 0.5) is 0 Å². The average Bonchev–Trinajstić information content (AvgIpc) is 3.21. The van der Waals surface area contributed by atoms with Gasteiger partial charge in [0.15, 0.2) is 5.96 Å². The van der Waals surface area contributed by atoms with Crippen molar-refractivity contribution >= 4 is 41.5 Å².